The number of Topliss-reactive ketones (excluding diaryl/α,β-unsaturated/α-hetero) is 1. The van der Waals surface area contributed by atoms with Crippen LogP contribution in [0.5, 0.6) is 0 Å². The third kappa shape index (κ3) is 10.5. The molecule has 0 aliphatic heterocycles. The first kappa shape index (κ1) is 21.8. The fourth-order valence-corrected chi connectivity index (χ4v) is 2.63. The Morgan fingerprint density at radius 2 is 1.55 bits per heavy atom. The predicted molar refractivity (Wildman–Crippen MR) is 91.9 cm³/mol. The Balaban J connectivity index is 3.48. The Morgan fingerprint density at radius 1 is 1.05 bits per heavy atom. The zero-order valence-corrected chi connectivity index (χ0v) is 14.8. The number of halogens is 1. The van der Waals surface area contributed by atoms with E-state index in [4.69, 9.17) is 22.4 Å². The molecule has 0 fully saturated rings. The molecular formula is C17H34ClNO3. The molecule has 22 heavy (non-hydrogen) atoms. The first-order chi connectivity index (χ1) is 10.5. The van der Waals surface area contributed by atoms with Crippen molar-refractivity contribution in [2.45, 2.75) is 95.1 Å². The third-order valence-electron chi connectivity index (χ3n) is 4.18. The van der Waals surface area contributed by atoms with E-state index in [2.05, 4.69) is 6.92 Å². The summed E-state index contributed by atoms with van der Waals surface area (Å²) in [6, 6.07) is 0. The molecule has 0 aliphatic carbocycles. The van der Waals surface area contributed by atoms with Gasteiger partial charge in [-0.15, -0.1) is 0 Å². The summed E-state index contributed by atoms with van der Waals surface area (Å²) in [5.41, 5.74) is 3.49. The van der Waals surface area contributed by atoms with Crippen LogP contribution in [0.2, 0.25) is 0 Å². The van der Waals surface area contributed by atoms with Crippen molar-refractivity contribution in [3.05, 3.63) is 0 Å². The lowest BCUT2D eigenvalue weighted by Crippen LogP contribution is -2.51. The second kappa shape index (κ2) is 13.3. The van der Waals surface area contributed by atoms with Gasteiger partial charge in [-0.05, 0) is 19.3 Å². The van der Waals surface area contributed by atoms with E-state index in [1.165, 1.54) is 19.3 Å². The van der Waals surface area contributed by atoms with Gasteiger partial charge in [0, 0.05) is 12.8 Å². The summed E-state index contributed by atoms with van der Waals surface area (Å²) in [6.45, 7) is 1.86. The summed E-state index contributed by atoms with van der Waals surface area (Å²) in [4.78, 5) is 11.7. The van der Waals surface area contributed by atoms with Crippen molar-refractivity contribution < 1.29 is 15.0 Å². The summed E-state index contributed by atoms with van der Waals surface area (Å²) < 4.78 is 0. The van der Waals surface area contributed by atoms with Crippen LogP contribution in [0.3, 0.4) is 0 Å². The molecule has 0 aromatic rings. The van der Waals surface area contributed by atoms with Crippen molar-refractivity contribution in [1.29, 1.82) is 0 Å². The van der Waals surface area contributed by atoms with Gasteiger partial charge >= 0.3 is 0 Å². The van der Waals surface area contributed by atoms with E-state index in [-0.39, 0.29) is 6.61 Å². The molecular weight excluding hydrogens is 302 g/mol. The van der Waals surface area contributed by atoms with E-state index in [9.17, 15) is 9.90 Å². The molecule has 2 unspecified atom stereocenters. The van der Waals surface area contributed by atoms with Crippen molar-refractivity contribution in [3.8, 4) is 0 Å². The fraction of sp³-hybridized carbons (Fsp3) is 0.941. The van der Waals surface area contributed by atoms with E-state index in [1.807, 2.05) is 0 Å². The molecule has 5 heteroatoms. The SMILES string of the molecule is CCCCCCC(=O)CCCCCCCC(N)(CO)C(O)Cl. The topological polar surface area (TPSA) is 83.6 Å². The molecule has 0 saturated carbocycles. The summed E-state index contributed by atoms with van der Waals surface area (Å²) in [6.07, 6.45) is 11.4. The lowest BCUT2D eigenvalue weighted by Gasteiger charge is -2.28. The molecule has 132 valence electrons. The first-order valence-corrected chi connectivity index (χ1v) is 9.13. The molecule has 0 aromatic carbocycles. The normalized spacial score (nSPS) is 15.5. The number of carbonyl (C=O) groups excluding carboxylic acids is 1. The average Bonchev–Trinajstić information content (AvgIpc) is 2.50. The number of aliphatic hydroxyl groups is 2. The molecule has 0 radical (unpaired) electrons. The standard InChI is InChI=1S/C17H34ClNO3/c1-2-3-4-8-11-15(21)12-9-6-5-7-10-13-17(19,14-20)16(18)22/h16,20,22H,2-14,19H2,1H3. The molecule has 0 bridgehead atoms. The van der Waals surface area contributed by atoms with Crippen LogP contribution in [0, 0.1) is 0 Å². The highest BCUT2D eigenvalue weighted by atomic mass is 35.5. The van der Waals surface area contributed by atoms with E-state index in [1.54, 1.807) is 0 Å². The van der Waals surface area contributed by atoms with Gasteiger partial charge in [0.15, 0.2) is 0 Å². The number of alkyl halides is 1. The van der Waals surface area contributed by atoms with Gasteiger partial charge in [0.1, 0.15) is 11.3 Å². The first-order valence-electron chi connectivity index (χ1n) is 8.70. The van der Waals surface area contributed by atoms with Gasteiger partial charge in [-0.2, -0.15) is 0 Å². The highest BCUT2D eigenvalue weighted by molar-refractivity contribution is 6.20. The molecule has 0 aliphatic rings. The van der Waals surface area contributed by atoms with Crippen molar-refractivity contribution in [2.24, 2.45) is 5.73 Å². The highest BCUT2D eigenvalue weighted by Crippen LogP contribution is 2.19. The summed E-state index contributed by atoms with van der Waals surface area (Å²) >= 11 is 5.58. The highest BCUT2D eigenvalue weighted by Gasteiger charge is 2.30. The van der Waals surface area contributed by atoms with Crippen LogP contribution in [-0.2, 0) is 4.79 Å². The number of hydrogen-bond donors (Lipinski definition) is 3. The maximum atomic E-state index is 11.7. The number of carbonyl (C=O) groups is 1. The minimum atomic E-state index is -1.22. The Labute approximate surface area is 140 Å². The van der Waals surface area contributed by atoms with E-state index in [0.717, 1.165) is 44.9 Å². The summed E-state index contributed by atoms with van der Waals surface area (Å²) in [7, 11) is 0. The van der Waals surface area contributed by atoms with Gasteiger partial charge in [-0.1, -0.05) is 63.5 Å². The van der Waals surface area contributed by atoms with Crippen molar-refractivity contribution in [2.75, 3.05) is 6.61 Å². The molecule has 0 saturated heterocycles. The number of nitrogens with two attached hydrogens (primary N) is 1. The number of rotatable bonds is 15. The van der Waals surface area contributed by atoms with Crippen molar-refractivity contribution in [1.82, 2.24) is 0 Å². The van der Waals surface area contributed by atoms with E-state index in [0.29, 0.717) is 18.6 Å². The van der Waals surface area contributed by atoms with Crippen LogP contribution < -0.4 is 5.73 Å². The van der Waals surface area contributed by atoms with E-state index >= 15 is 0 Å². The summed E-state index contributed by atoms with van der Waals surface area (Å²) in [5.74, 6) is 0.391. The largest absolute Gasteiger partial charge is 0.394 e. The maximum Gasteiger partial charge on any atom is 0.148 e. The summed E-state index contributed by atoms with van der Waals surface area (Å²) in [5, 5.41) is 18.5. The van der Waals surface area contributed by atoms with Gasteiger partial charge in [0.2, 0.25) is 0 Å². The zero-order chi connectivity index (χ0) is 16.8. The second-order valence-electron chi connectivity index (χ2n) is 6.34. The lowest BCUT2D eigenvalue weighted by atomic mass is 9.94. The van der Waals surface area contributed by atoms with Crippen LogP contribution in [0.15, 0.2) is 0 Å². The molecule has 2 atom stereocenters. The Bertz CT molecular complexity index is 287. The third-order valence-corrected chi connectivity index (χ3v) is 4.61. The van der Waals surface area contributed by atoms with Crippen LogP contribution in [0.1, 0.15) is 84.0 Å². The quantitative estimate of drug-likeness (QED) is 0.316. The minimum Gasteiger partial charge on any atom is -0.394 e. The van der Waals surface area contributed by atoms with Gasteiger partial charge in [-0.3, -0.25) is 4.79 Å². The van der Waals surface area contributed by atoms with Crippen molar-refractivity contribution >= 4 is 17.4 Å². The van der Waals surface area contributed by atoms with Crippen LogP contribution in [0.25, 0.3) is 0 Å². The van der Waals surface area contributed by atoms with Crippen LogP contribution in [0.4, 0.5) is 0 Å². The van der Waals surface area contributed by atoms with Crippen LogP contribution in [-0.4, -0.2) is 33.7 Å². The molecule has 4 nitrogen and oxygen atoms in total. The lowest BCUT2D eigenvalue weighted by molar-refractivity contribution is -0.119. The number of unbranched alkanes of at least 4 members (excludes halogenated alkanes) is 7. The fourth-order valence-electron chi connectivity index (χ4n) is 2.45. The molecule has 0 rings (SSSR count). The molecule has 4 N–H and O–H groups in total. The molecule has 0 amide bonds. The Hall–Kier alpha value is -0.160. The zero-order valence-electron chi connectivity index (χ0n) is 14.0. The molecule has 0 spiro atoms. The van der Waals surface area contributed by atoms with Crippen LogP contribution >= 0.6 is 11.6 Å². The number of hydrogen-bond acceptors (Lipinski definition) is 4. The van der Waals surface area contributed by atoms with Gasteiger partial charge in [0.05, 0.1) is 12.1 Å². The average molecular weight is 336 g/mol. The predicted octanol–water partition coefficient (Wildman–Crippen LogP) is 3.50. The monoisotopic (exact) mass is 335 g/mol. The smallest absolute Gasteiger partial charge is 0.148 e. The van der Waals surface area contributed by atoms with Gasteiger partial charge < -0.3 is 15.9 Å². The van der Waals surface area contributed by atoms with Gasteiger partial charge in [-0.25, -0.2) is 0 Å². The van der Waals surface area contributed by atoms with Gasteiger partial charge in [0.25, 0.3) is 0 Å². The Morgan fingerprint density at radius 3 is 2.05 bits per heavy atom. The minimum absolute atomic E-state index is 0.315. The van der Waals surface area contributed by atoms with E-state index < -0.39 is 11.1 Å². The maximum absolute atomic E-state index is 11.7. The number of aliphatic hydroxyl groups excluding tert-OH is 2. The Kier molecular flexibility index (Phi) is 13.2. The molecule has 0 heterocycles. The molecule has 0 aromatic heterocycles. The second-order valence-corrected chi connectivity index (χ2v) is 6.76. The van der Waals surface area contributed by atoms with Crippen molar-refractivity contribution in [3.63, 3.8) is 0 Å². The number of ketones is 1.